The van der Waals surface area contributed by atoms with Crippen molar-refractivity contribution in [2.45, 2.75) is 25.1 Å². The standard InChI is InChI=1S/C5H6F2O/c6-5(7)3-1-4(2-3)8-5/h3-4H,1-2H2. The van der Waals surface area contributed by atoms with Gasteiger partial charge in [0, 0.05) is 0 Å². The first kappa shape index (κ1) is 4.68. The maximum atomic E-state index is 12.2. The summed E-state index contributed by atoms with van der Waals surface area (Å²) in [4.78, 5) is 0. The maximum absolute atomic E-state index is 12.2. The zero-order valence-corrected chi connectivity index (χ0v) is 4.23. The van der Waals surface area contributed by atoms with Gasteiger partial charge in [0.25, 0.3) is 0 Å². The van der Waals surface area contributed by atoms with E-state index in [9.17, 15) is 8.78 Å². The van der Waals surface area contributed by atoms with Crippen molar-refractivity contribution in [1.29, 1.82) is 0 Å². The van der Waals surface area contributed by atoms with Gasteiger partial charge in [-0.2, -0.15) is 8.78 Å². The molecule has 0 aromatic heterocycles. The van der Waals surface area contributed by atoms with Gasteiger partial charge in [-0.3, -0.25) is 0 Å². The van der Waals surface area contributed by atoms with Crippen LogP contribution in [0.25, 0.3) is 0 Å². The van der Waals surface area contributed by atoms with Crippen LogP contribution < -0.4 is 0 Å². The number of hydrogen-bond donors (Lipinski definition) is 0. The molecule has 1 aliphatic carbocycles. The fourth-order valence-corrected chi connectivity index (χ4v) is 1.25. The second-order valence-electron chi connectivity index (χ2n) is 2.47. The van der Waals surface area contributed by atoms with Crippen molar-refractivity contribution in [3.8, 4) is 0 Å². The Labute approximate surface area is 45.6 Å². The van der Waals surface area contributed by atoms with E-state index in [1.807, 2.05) is 0 Å². The molecule has 0 N–H and O–H groups in total. The summed E-state index contributed by atoms with van der Waals surface area (Å²) in [6.07, 6.45) is -1.74. The number of rotatable bonds is 0. The summed E-state index contributed by atoms with van der Waals surface area (Å²) in [6.45, 7) is 0. The molecule has 0 atom stereocenters. The van der Waals surface area contributed by atoms with E-state index in [2.05, 4.69) is 4.74 Å². The lowest BCUT2D eigenvalue weighted by atomic mass is 9.86. The van der Waals surface area contributed by atoms with Crippen LogP contribution in [-0.4, -0.2) is 12.2 Å². The van der Waals surface area contributed by atoms with Gasteiger partial charge in [0.2, 0.25) is 0 Å². The largest absolute Gasteiger partial charge is 0.358 e. The lowest BCUT2D eigenvalue weighted by Crippen LogP contribution is -2.23. The van der Waals surface area contributed by atoms with Crippen LogP contribution in [0.4, 0.5) is 8.78 Å². The minimum Gasteiger partial charge on any atom is -0.317 e. The van der Waals surface area contributed by atoms with Gasteiger partial charge in [-0.15, -0.1) is 0 Å². The monoisotopic (exact) mass is 120 g/mol. The molecule has 0 aromatic rings. The van der Waals surface area contributed by atoms with Crippen LogP contribution in [-0.2, 0) is 4.74 Å². The second-order valence-corrected chi connectivity index (χ2v) is 2.47. The van der Waals surface area contributed by atoms with Gasteiger partial charge in [-0.25, -0.2) is 0 Å². The molecule has 1 saturated carbocycles. The normalized spacial score (nSPS) is 48.8. The van der Waals surface area contributed by atoms with E-state index < -0.39 is 12.0 Å². The van der Waals surface area contributed by atoms with Crippen LogP contribution in [0, 0.1) is 5.92 Å². The molecule has 0 spiro atoms. The lowest BCUT2D eigenvalue weighted by Gasteiger charge is -2.18. The first-order valence-electron chi connectivity index (χ1n) is 2.74. The Kier molecular flexibility index (Phi) is 0.615. The van der Waals surface area contributed by atoms with Gasteiger partial charge in [0.15, 0.2) is 0 Å². The molecule has 0 radical (unpaired) electrons. The molecule has 8 heavy (non-hydrogen) atoms. The summed E-state index contributed by atoms with van der Waals surface area (Å²) >= 11 is 0. The van der Waals surface area contributed by atoms with Gasteiger partial charge < -0.3 is 4.74 Å². The number of alkyl halides is 2. The Hall–Kier alpha value is -0.180. The number of fused-ring (bicyclic) bond motifs is 1. The Morgan fingerprint density at radius 3 is 2.12 bits per heavy atom. The van der Waals surface area contributed by atoms with Crippen molar-refractivity contribution >= 4 is 0 Å². The highest BCUT2D eigenvalue weighted by Crippen LogP contribution is 2.51. The molecular weight excluding hydrogens is 114 g/mol. The Morgan fingerprint density at radius 1 is 1.38 bits per heavy atom. The zero-order chi connectivity index (χ0) is 5.78. The topological polar surface area (TPSA) is 9.23 Å². The molecule has 3 heteroatoms. The maximum Gasteiger partial charge on any atom is 0.358 e. The minimum absolute atomic E-state index is 0.116. The first-order chi connectivity index (χ1) is 3.68. The van der Waals surface area contributed by atoms with E-state index in [-0.39, 0.29) is 6.10 Å². The highest BCUT2D eigenvalue weighted by molar-refractivity contribution is 4.93. The number of hydrogen-bond acceptors (Lipinski definition) is 1. The van der Waals surface area contributed by atoms with E-state index >= 15 is 0 Å². The van der Waals surface area contributed by atoms with Crippen molar-refractivity contribution in [3.63, 3.8) is 0 Å². The molecule has 2 heterocycles. The van der Waals surface area contributed by atoms with Crippen molar-refractivity contribution in [2.75, 3.05) is 0 Å². The van der Waals surface area contributed by atoms with Gasteiger partial charge in [0.05, 0.1) is 12.0 Å². The van der Waals surface area contributed by atoms with Gasteiger partial charge in [-0.05, 0) is 12.8 Å². The van der Waals surface area contributed by atoms with E-state index in [0.717, 1.165) is 0 Å². The average Bonchev–Trinajstić information content (AvgIpc) is 1.82. The summed E-state index contributed by atoms with van der Waals surface area (Å²) in [5, 5.41) is 0. The van der Waals surface area contributed by atoms with E-state index in [1.165, 1.54) is 0 Å². The number of halogens is 2. The third-order valence-electron chi connectivity index (χ3n) is 1.89. The van der Waals surface area contributed by atoms with Gasteiger partial charge in [-0.1, -0.05) is 0 Å². The Bertz CT molecular complexity index is 118. The summed E-state index contributed by atoms with van der Waals surface area (Å²) < 4.78 is 28.6. The molecular formula is C5H6F2O. The smallest absolute Gasteiger partial charge is 0.317 e. The van der Waals surface area contributed by atoms with Crippen LogP contribution in [0.1, 0.15) is 12.8 Å². The predicted octanol–water partition coefficient (Wildman–Crippen LogP) is 1.39. The molecule has 0 amide bonds. The van der Waals surface area contributed by atoms with Crippen LogP contribution in [0.3, 0.4) is 0 Å². The molecule has 0 unspecified atom stereocenters. The van der Waals surface area contributed by atoms with Crippen LogP contribution in [0.5, 0.6) is 0 Å². The molecule has 0 aromatic carbocycles. The Morgan fingerprint density at radius 2 is 2.00 bits per heavy atom. The summed E-state index contributed by atoms with van der Waals surface area (Å²) in [5.74, 6) is -0.451. The third-order valence-corrected chi connectivity index (χ3v) is 1.89. The molecule has 2 aliphatic heterocycles. The van der Waals surface area contributed by atoms with Crippen molar-refractivity contribution in [3.05, 3.63) is 0 Å². The summed E-state index contributed by atoms with van der Waals surface area (Å²) in [6, 6.07) is 0. The van der Waals surface area contributed by atoms with E-state index in [1.54, 1.807) is 0 Å². The molecule has 3 aliphatic rings. The number of ether oxygens (including phenoxy) is 1. The molecule has 46 valence electrons. The van der Waals surface area contributed by atoms with Crippen LogP contribution >= 0.6 is 0 Å². The molecule has 3 fully saturated rings. The van der Waals surface area contributed by atoms with E-state index in [0.29, 0.717) is 12.8 Å². The SMILES string of the molecule is FC1(F)OC2CC1C2. The fourth-order valence-electron chi connectivity index (χ4n) is 1.25. The predicted molar refractivity (Wildman–Crippen MR) is 22.5 cm³/mol. The lowest BCUT2D eigenvalue weighted by molar-refractivity contribution is -0.209. The third kappa shape index (κ3) is 0.382. The van der Waals surface area contributed by atoms with Crippen molar-refractivity contribution in [1.82, 2.24) is 0 Å². The fraction of sp³-hybridized carbons (Fsp3) is 1.00. The summed E-state index contributed by atoms with van der Waals surface area (Å²) in [7, 11) is 0. The molecule has 2 bridgehead atoms. The van der Waals surface area contributed by atoms with Crippen molar-refractivity contribution in [2.24, 2.45) is 5.92 Å². The van der Waals surface area contributed by atoms with Crippen LogP contribution in [0.15, 0.2) is 0 Å². The highest BCUT2D eigenvalue weighted by atomic mass is 19.3. The average molecular weight is 120 g/mol. The molecule has 2 saturated heterocycles. The van der Waals surface area contributed by atoms with Gasteiger partial charge in [0.1, 0.15) is 0 Å². The minimum atomic E-state index is -2.77. The zero-order valence-electron chi connectivity index (χ0n) is 4.23. The van der Waals surface area contributed by atoms with E-state index in [4.69, 9.17) is 0 Å². The summed E-state index contributed by atoms with van der Waals surface area (Å²) in [5.41, 5.74) is 0. The quantitative estimate of drug-likeness (QED) is 0.469. The van der Waals surface area contributed by atoms with Gasteiger partial charge >= 0.3 is 6.11 Å². The first-order valence-corrected chi connectivity index (χ1v) is 2.74. The highest BCUT2D eigenvalue weighted by Gasteiger charge is 2.58. The van der Waals surface area contributed by atoms with Crippen LogP contribution in [0.2, 0.25) is 0 Å². The van der Waals surface area contributed by atoms with Crippen molar-refractivity contribution < 1.29 is 13.5 Å². The Balaban J connectivity index is 2.20. The molecule has 1 nitrogen and oxygen atoms in total. The second kappa shape index (κ2) is 1.05. The molecule has 3 rings (SSSR count).